The van der Waals surface area contributed by atoms with Crippen molar-refractivity contribution in [2.45, 2.75) is 37.1 Å². The number of halogens is 6. The van der Waals surface area contributed by atoms with Gasteiger partial charge in [-0.05, 0) is 6.92 Å². The summed E-state index contributed by atoms with van der Waals surface area (Å²) in [5.41, 5.74) is -7.94. The molecule has 2 rings (SSSR count). The van der Waals surface area contributed by atoms with Crippen molar-refractivity contribution in [3.8, 4) is 0 Å². The smallest absolute Gasteiger partial charge is 0.363 e. The van der Waals surface area contributed by atoms with Crippen LogP contribution < -0.4 is 5.32 Å². The molecular weight excluding hydrogens is 296 g/mol. The van der Waals surface area contributed by atoms with Crippen molar-refractivity contribution in [2.75, 3.05) is 5.32 Å². The normalized spacial score (nSPS) is 30.9. The van der Waals surface area contributed by atoms with Crippen LogP contribution >= 0.6 is 0 Å². The summed E-state index contributed by atoms with van der Waals surface area (Å²) < 4.78 is 77.0. The van der Waals surface area contributed by atoms with Crippen molar-refractivity contribution in [2.24, 2.45) is 0 Å². The van der Waals surface area contributed by atoms with E-state index >= 15 is 0 Å². The molecule has 0 amide bonds. The highest BCUT2D eigenvalue weighted by atomic mass is 19.4. The van der Waals surface area contributed by atoms with Crippen LogP contribution in [0.25, 0.3) is 0 Å². The summed E-state index contributed by atoms with van der Waals surface area (Å²) in [5, 5.41) is 23.9. The molecule has 0 saturated heterocycles. The predicted octanol–water partition coefficient (Wildman–Crippen LogP) is 1.47. The van der Waals surface area contributed by atoms with Crippen molar-refractivity contribution >= 4 is 5.82 Å². The van der Waals surface area contributed by atoms with Gasteiger partial charge in [-0.25, -0.2) is 4.68 Å². The first-order valence-electron chi connectivity index (χ1n) is 5.24. The fourth-order valence-electron chi connectivity index (χ4n) is 1.95. The Bertz CT molecular complexity index is 539. The Labute approximate surface area is 107 Å². The lowest BCUT2D eigenvalue weighted by Crippen LogP contribution is -2.64. The zero-order valence-electron chi connectivity index (χ0n) is 9.84. The summed E-state index contributed by atoms with van der Waals surface area (Å²) in [6.07, 6.45) is -12.9. The largest absolute Gasteiger partial charge is 0.438 e. The minimum absolute atomic E-state index is 0.0114. The Hall–Kier alpha value is -1.49. The highest BCUT2D eigenvalue weighted by molar-refractivity contribution is 5.43. The van der Waals surface area contributed by atoms with Crippen LogP contribution in [0.15, 0.2) is 6.07 Å². The SMILES string of the molecule is Cc1cc2n(n1)[C@@](O)(C(F)(F)F)C[C@](O)(C(F)(F)F)N2. The summed E-state index contributed by atoms with van der Waals surface area (Å²) in [5.74, 6) is -0.784. The third kappa shape index (κ3) is 1.92. The predicted molar refractivity (Wildman–Crippen MR) is 52.5 cm³/mol. The van der Waals surface area contributed by atoms with Crippen molar-refractivity contribution in [3.63, 3.8) is 0 Å². The molecule has 11 heteroatoms. The second-order valence-corrected chi connectivity index (χ2v) is 4.56. The third-order valence-electron chi connectivity index (χ3n) is 2.94. The zero-order chi connectivity index (χ0) is 15.6. The standard InChI is InChI=1S/C9H9F6N3O2/c1-4-2-5-16-6(19,8(10,11)12)3-7(20,9(13,14)15)18(5)17-4/h2,16,19-20H,3H2,1H3/t6-,7-/m0/s1. The van der Waals surface area contributed by atoms with E-state index < -0.39 is 36.0 Å². The van der Waals surface area contributed by atoms with E-state index in [0.29, 0.717) is 0 Å². The van der Waals surface area contributed by atoms with Crippen molar-refractivity contribution in [1.82, 2.24) is 9.78 Å². The number of alkyl halides is 6. The van der Waals surface area contributed by atoms with Gasteiger partial charge in [0, 0.05) is 6.07 Å². The van der Waals surface area contributed by atoms with E-state index in [1.54, 1.807) is 0 Å². The molecule has 1 aromatic rings. The summed E-state index contributed by atoms with van der Waals surface area (Å²) in [4.78, 5) is 0. The van der Waals surface area contributed by atoms with Crippen LogP contribution in [0.4, 0.5) is 32.2 Å². The van der Waals surface area contributed by atoms with Crippen LogP contribution in [0.2, 0.25) is 0 Å². The molecule has 0 spiro atoms. The molecule has 0 radical (unpaired) electrons. The van der Waals surface area contributed by atoms with Gasteiger partial charge in [0.2, 0.25) is 5.72 Å². The van der Waals surface area contributed by atoms with Crippen LogP contribution in [0.3, 0.4) is 0 Å². The van der Waals surface area contributed by atoms with E-state index in [9.17, 15) is 36.6 Å². The Morgan fingerprint density at radius 1 is 1.20 bits per heavy atom. The van der Waals surface area contributed by atoms with E-state index in [1.807, 2.05) is 0 Å². The molecule has 3 N–H and O–H groups in total. The van der Waals surface area contributed by atoms with Crippen LogP contribution in [-0.2, 0) is 5.72 Å². The number of aromatic nitrogens is 2. The average molecular weight is 305 g/mol. The Balaban J connectivity index is 2.64. The maximum atomic E-state index is 12.9. The lowest BCUT2D eigenvalue weighted by molar-refractivity contribution is -0.345. The van der Waals surface area contributed by atoms with Gasteiger partial charge in [-0.3, -0.25) is 0 Å². The van der Waals surface area contributed by atoms with Gasteiger partial charge in [-0.2, -0.15) is 31.4 Å². The van der Waals surface area contributed by atoms with E-state index in [-0.39, 0.29) is 10.4 Å². The number of aliphatic hydroxyl groups is 2. The lowest BCUT2D eigenvalue weighted by atomic mass is 9.96. The summed E-state index contributed by atoms with van der Waals surface area (Å²) in [6, 6.07) is 0.854. The van der Waals surface area contributed by atoms with Crippen LogP contribution in [0, 0.1) is 6.92 Å². The Kier molecular flexibility index (Phi) is 2.82. The van der Waals surface area contributed by atoms with E-state index in [1.165, 1.54) is 12.2 Å². The minimum atomic E-state index is -5.46. The summed E-state index contributed by atoms with van der Waals surface area (Å²) in [7, 11) is 0. The summed E-state index contributed by atoms with van der Waals surface area (Å²) >= 11 is 0. The van der Waals surface area contributed by atoms with E-state index in [4.69, 9.17) is 0 Å². The quantitative estimate of drug-likeness (QED) is 0.635. The van der Waals surface area contributed by atoms with Gasteiger partial charge in [0.25, 0.3) is 5.72 Å². The first kappa shape index (κ1) is 14.9. The van der Waals surface area contributed by atoms with Gasteiger partial charge < -0.3 is 15.5 Å². The van der Waals surface area contributed by atoms with Gasteiger partial charge in [0.1, 0.15) is 5.82 Å². The maximum Gasteiger partial charge on any atom is 0.438 e. The maximum absolute atomic E-state index is 12.9. The first-order valence-corrected chi connectivity index (χ1v) is 5.24. The van der Waals surface area contributed by atoms with Crippen molar-refractivity contribution in [3.05, 3.63) is 11.8 Å². The van der Waals surface area contributed by atoms with Crippen LogP contribution in [-0.4, -0.2) is 38.1 Å². The number of nitrogens with one attached hydrogen (secondary N) is 1. The molecule has 0 saturated carbocycles. The number of nitrogens with zero attached hydrogens (tertiary/aromatic N) is 2. The minimum Gasteiger partial charge on any atom is -0.363 e. The number of hydrogen-bond donors (Lipinski definition) is 3. The average Bonchev–Trinajstić information content (AvgIpc) is 2.55. The second kappa shape index (κ2) is 3.79. The van der Waals surface area contributed by atoms with Gasteiger partial charge in [-0.15, -0.1) is 0 Å². The fraction of sp³-hybridized carbons (Fsp3) is 0.667. The molecule has 1 aliphatic rings. The molecule has 1 aliphatic heterocycles. The third-order valence-corrected chi connectivity index (χ3v) is 2.94. The molecule has 20 heavy (non-hydrogen) atoms. The van der Waals surface area contributed by atoms with Gasteiger partial charge >= 0.3 is 12.4 Å². The first-order chi connectivity index (χ1) is 8.80. The molecule has 0 bridgehead atoms. The molecule has 0 fully saturated rings. The topological polar surface area (TPSA) is 70.3 Å². The molecule has 0 aliphatic carbocycles. The van der Waals surface area contributed by atoms with Gasteiger partial charge in [-0.1, -0.05) is 0 Å². The highest BCUT2D eigenvalue weighted by Gasteiger charge is 2.69. The number of fused-ring (bicyclic) bond motifs is 1. The molecule has 1 aromatic heterocycles. The van der Waals surface area contributed by atoms with Crippen LogP contribution in [0.5, 0.6) is 0 Å². The van der Waals surface area contributed by atoms with Gasteiger partial charge in [0.15, 0.2) is 0 Å². The Morgan fingerprint density at radius 3 is 2.20 bits per heavy atom. The van der Waals surface area contributed by atoms with Gasteiger partial charge in [0.05, 0.1) is 12.1 Å². The fourth-order valence-corrected chi connectivity index (χ4v) is 1.95. The lowest BCUT2D eigenvalue weighted by Gasteiger charge is -2.44. The molecule has 114 valence electrons. The molecule has 5 nitrogen and oxygen atoms in total. The molecule has 2 heterocycles. The highest BCUT2D eigenvalue weighted by Crippen LogP contribution is 2.49. The zero-order valence-corrected chi connectivity index (χ0v) is 9.84. The number of rotatable bonds is 0. The number of anilines is 1. The van der Waals surface area contributed by atoms with E-state index in [2.05, 4.69) is 5.10 Å². The molecular formula is C9H9F6N3O2. The summed E-state index contributed by atoms with van der Waals surface area (Å²) in [6.45, 7) is 1.23. The van der Waals surface area contributed by atoms with Crippen LogP contribution in [0.1, 0.15) is 12.1 Å². The number of hydrogen-bond acceptors (Lipinski definition) is 4. The van der Waals surface area contributed by atoms with Crippen molar-refractivity contribution in [1.29, 1.82) is 0 Å². The molecule has 0 aromatic carbocycles. The van der Waals surface area contributed by atoms with E-state index in [0.717, 1.165) is 6.07 Å². The molecule has 2 atom stereocenters. The van der Waals surface area contributed by atoms with Crippen molar-refractivity contribution < 1.29 is 36.6 Å². The molecule has 0 unspecified atom stereocenters. The number of aryl methyl sites for hydroxylation is 1. The second-order valence-electron chi connectivity index (χ2n) is 4.56. The Morgan fingerprint density at radius 2 is 1.75 bits per heavy atom. The monoisotopic (exact) mass is 305 g/mol.